The summed E-state index contributed by atoms with van der Waals surface area (Å²) in [7, 11) is 0. The summed E-state index contributed by atoms with van der Waals surface area (Å²) >= 11 is 0. The lowest BCUT2D eigenvalue weighted by molar-refractivity contribution is -0.151. The van der Waals surface area contributed by atoms with Gasteiger partial charge in [0.05, 0.1) is 6.61 Å². The third kappa shape index (κ3) is 18.2. The van der Waals surface area contributed by atoms with Crippen molar-refractivity contribution in [3.63, 3.8) is 0 Å². The minimum absolute atomic E-state index is 0.0476. The van der Waals surface area contributed by atoms with E-state index in [0.29, 0.717) is 6.42 Å². The first-order valence-corrected chi connectivity index (χ1v) is 11.5. The summed E-state index contributed by atoms with van der Waals surface area (Å²) in [5.41, 5.74) is 0. The van der Waals surface area contributed by atoms with E-state index >= 15 is 0 Å². The Hall–Kier alpha value is -0.570. The van der Waals surface area contributed by atoms with Gasteiger partial charge in [-0.15, -0.1) is 0 Å². The number of hydrogen-bond donors (Lipinski definition) is 1. The van der Waals surface area contributed by atoms with E-state index in [9.17, 15) is 9.90 Å². The maximum absolute atomic E-state index is 11.4. The fourth-order valence-corrected chi connectivity index (χ4v) is 3.38. The maximum Gasteiger partial charge on any atom is 0.306 e. The lowest BCUT2D eigenvalue weighted by Gasteiger charge is -2.15. The number of hydrogen-bond acceptors (Lipinski definition) is 3. The highest BCUT2D eigenvalue weighted by atomic mass is 16.5. The zero-order valence-electron chi connectivity index (χ0n) is 17.8. The highest BCUT2D eigenvalue weighted by molar-refractivity contribution is 5.69. The standard InChI is InChI=1S/C23H46O3/c1-3-5-6-7-8-9-10-11-12-13-14-15-16-17-18-20-22(21-24)26-23(25)19-4-2/h22,24H,3-21H2,1-2H3. The Morgan fingerprint density at radius 2 is 1.12 bits per heavy atom. The van der Waals surface area contributed by atoms with Gasteiger partial charge in [0.1, 0.15) is 6.10 Å². The molecule has 0 spiro atoms. The second-order valence-electron chi connectivity index (χ2n) is 7.78. The van der Waals surface area contributed by atoms with Crippen LogP contribution in [0.15, 0.2) is 0 Å². The van der Waals surface area contributed by atoms with Crippen molar-refractivity contribution in [2.24, 2.45) is 0 Å². The van der Waals surface area contributed by atoms with Crippen LogP contribution < -0.4 is 0 Å². The van der Waals surface area contributed by atoms with Crippen LogP contribution in [-0.2, 0) is 9.53 Å². The lowest BCUT2D eigenvalue weighted by Crippen LogP contribution is -2.21. The molecule has 0 rings (SSSR count). The van der Waals surface area contributed by atoms with E-state index in [4.69, 9.17) is 4.74 Å². The fourth-order valence-electron chi connectivity index (χ4n) is 3.38. The van der Waals surface area contributed by atoms with Gasteiger partial charge in [-0.25, -0.2) is 0 Å². The quantitative estimate of drug-likeness (QED) is 0.186. The number of aliphatic hydroxyl groups is 1. The normalized spacial score (nSPS) is 12.3. The molecule has 26 heavy (non-hydrogen) atoms. The molecule has 0 aromatic rings. The van der Waals surface area contributed by atoms with Gasteiger partial charge in [-0.3, -0.25) is 4.79 Å². The van der Waals surface area contributed by atoms with E-state index in [1.165, 1.54) is 89.9 Å². The van der Waals surface area contributed by atoms with Crippen LogP contribution in [0.5, 0.6) is 0 Å². The van der Waals surface area contributed by atoms with Crippen molar-refractivity contribution in [1.29, 1.82) is 0 Å². The van der Waals surface area contributed by atoms with Gasteiger partial charge in [0.15, 0.2) is 0 Å². The van der Waals surface area contributed by atoms with Gasteiger partial charge in [0, 0.05) is 6.42 Å². The van der Waals surface area contributed by atoms with Crippen molar-refractivity contribution in [2.75, 3.05) is 6.61 Å². The molecule has 0 aromatic carbocycles. The van der Waals surface area contributed by atoms with Gasteiger partial charge in [0.25, 0.3) is 0 Å². The summed E-state index contributed by atoms with van der Waals surface area (Å²) in [6.45, 7) is 4.19. The van der Waals surface area contributed by atoms with Gasteiger partial charge >= 0.3 is 5.97 Å². The molecule has 0 heterocycles. The average molecular weight is 371 g/mol. The van der Waals surface area contributed by atoms with Crippen LogP contribution in [-0.4, -0.2) is 23.8 Å². The smallest absolute Gasteiger partial charge is 0.306 e. The second-order valence-corrected chi connectivity index (χ2v) is 7.78. The molecular formula is C23H46O3. The number of ether oxygens (including phenoxy) is 1. The third-order valence-electron chi connectivity index (χ3n) is 5.09. The van der Waals surface area contributed by atoms with Crippen molar-refractivity contribution in [2.45, 2.75) is 136 Å². The van der Waals surface area contributed by atoms with Crippen LogP contribution in [0.3, 0.4) is 0 Å². The van der Waals surface area contributed by atoms with Crippen LogP contribution in [0.4, 0.5) is 0 Å². The summed E-state index contributed by atoms with van der Waals surface area (Å²) in [4.78, 5) is 11.4. The first-order chi connectivity index (χ1) is 12.7. The second kappa shape index (κ2) is 20.7. The van der Waals surface area contributed by atoms with Gasteiger partial charge in [-0.05, 0) is 19.3 Å². The zero-order chi connectivity index (χ0) is 19.3. The highest BCUT2D eigenvalue weighted by Gasteiger charge is 2.12. The molecule has 0 saturated heterocycles. The molecule has 1 atom stereocenters. The van der Waals surface area contributed by atoms with Gasteiger partial charge in [0.2, 0.25) is 0 Å². The minimum Gasteiger partial charge on any atom is -0.460 e. The Bertz CT molecular complexity index is 291. The first kappa shape index (κ1) is 25.4. The van der Waals surface area contributed by atoms with Crippen molar-refractivity contribution in [3.8, 4) is 0 Å². The molecule has 3 heteroatoms. The Morgan fingerprint density at radius 1 is 0.692 bits per heavy atom. The number of aliphatic hydroxyl groups excluding tert-OH is 1. The Morgan fingerprint density at radius 3 is 1.50 bits per heavy atom. The van der Waals surface area contributed by atoms with Crippen LogP contribution in [0.25, 0.3) is 0 Å². The molecule has 0 aromatic heterocycles. The summed E-state index contributed by atoms with van der Waals surface area (Å²) in [6, 6.07) is 0. The van der Waals surface area contributed by atoms with E-state index in [1.807, 2.05) is 6.92 Å². The monoisotopic (exact) mass is 370 g/mol. The Kier molecular flexibility index (Phi) is 20.3. The van der Waals surface area contributed by atoms with Crippen LogP contribution in [0, 0.1) is 0 Å². The average Bonchev–Trinajstić information content (AvgIpc) is 2.64. The van der Waals surface area contributed by atoms with Crippen LogP contribution in [0.2, 0.25) is 0 Å². The van der Waals surface area contributed by atoms with Crippen LogP contribution >= 0.6 is 0 Å². The Labute approximate surface area is 163 Å². The predicted molar refractivity (Wildman–Crippen MR) is 111 cm³/mol. The maximum atomic E-state index is 11.4. The van der Waals surface area contributed by atoms with Crippen molar-refractivity contribution < 1.29 is 14.6 Å². The van der Waals surface area contributed by atoms with Gasteiger partial charge in [-0.2, -0.15) is 0 Å². The molecule has 0 bridgehead atoms. The third-order valence-corrected chi connectivity index (χ3v) is 5.09. The predicted octanol–water partition coefficient (Wildman–Crippen LogP) is 6.95. The van der Waals surface area contributed by atoms with E-state index in [-0.39, 0.29) is 18.7 Å². The molecule has 0 saturated carbocycles. The molecular weight excluding hydrogens is 324 g/mol. The van der Waals surface area contributed by atoms with E-state index in [1.54, 1.807) is 0 Å². The number of carbonyl (C=O) groups excluding carboxylic acids is 1. The summed E-state index contributed by atoms with van der Waals surface area (Å²) in [5, 5.41) is 9.28. The largest absolute Gasteiger partial charge is 0.460 e. The summed E-state index contributed by atoms with van der Waals surface area (Å²) in [6.07, 6.45) is 22.0. The van der Waals surface area contributed by atoms with Crippen molar-refractivity contribution in [3.05, 3.63) is 0 Å². The summed E-state index contributed by atoms with van der Waals surface area (Å²) < 4.78 is 5.27. The minimum atomic E-state index is -0.295. The molecule has 0 aliphatic heterocycles. The Balaban J connectivity index is 3.26. The molecule has 0 aliphatic rings. The molecule has 156 valence electrons. The fraction of sp³-hybridized carbons (Fsp3) is 0.957. The highest BCUT2D eigenvalue weighted by Crippen LogP contribution is 2.14. The van der Waals surface area contributed by atoms with E-state index < -0.39 is 0 Å². The van der Waals surface area contributed by atoms with E-state index in [2.05, 4.69) is 6.92 Å². The zero-order valence-corrected chi connectivity index (χ0v) is 17.8. The summed E-state index contributed by atoms with van der Waals surface area (Å²) in [5.74, 6) is -0.174. The topological polar surface area (TPSA) is 46.5 Å². The molecule has 1 unspecified atom stereocenters. The number of rotatable bonds is 20. The molecule has 0 amide bonds. The number of unbranched alkanes of at least 4 members (excludes halogenated alkanes) is 14. The molecule has 3 nitrogen and oxygen atoms in total. The van der Waals surface area contributed by atoms with Crippen molar-refractivity contribution in [1.82, 2.24) is 0 Å². The molecule has 0 fully saturated rings. The molecule has 0 radical (unpaired) electrons. The number of esters is 1. The van der Waals surface area contributed by atoms with E-state index in [0.717, 1.165) is 19.3 Å². The SMILES string of the molecule is CCCCCCCCCCCCCCCCCC(CO)OC(=O)CCC. The molecule has 0 aliphatic carbocycles. The van der Waals surface area contributed by atoms with Crippen LogP contribution in [0.1, 0.15) is 129 Å². The van der Waals surface area contributed by atoms with Gasteiger partial charge in [-0.1, -0.05) is 104 Å². The van der Waals surface area contributed by atoms with Gasteiger partial charge < -0.3 is 9.84 Å². The number of carbonyl (C=O) groups is 1. The molecule has 1 N–H and O–H groups in total. The first-order valence-electron chi connectivity index (χ1n) is 11.5. The lowest BCUT2D eigenvalue weighted by atomic mass is 10.0. The van der Waals surface area contributed by atoms with Crippen molar-refractivity contribution >= 4 is 5.97 Å².